The van der Waals surface area contributed by atoms with E-state index in [2.05, 4.69) is 10.3 Å². The second kappa shape index (κ2) is 8.00. The molecule has 0 fully saturated rings. The van der Waals surface area contributed by atoms with Gasteiger partial charge in [-0.05, 0) is 66.1 Å². The third-order valence-corrected chi connectivity index (χ3v) is 5.86. The van der Waals surface area contributed by atoms with E-state index in [1.54, 1.807) is 36.3 Å². The molecule has 5 nitrogen and oxygen atoms in total. The van der Waals surface area contributed by atoms with Gasteiger partial charge in [0.25, 0.3) is 0 Å². The summed E-state index contributed by atoms with van der Waals surface area (Å²) in [5, 5.41) is 3.82. The van der Waals surface area contributed by atoms with Crippen molar-refractivity contribution in [1.82, 2.24) is 9.88 Å². The minimum Gasteiger partial charge on any atom is -0.497 e. The molecule has 0 saturated carbocycles. The number of carbonyl (C=O) groups excluding carboxylic acids is 1. The number of nitrogens with zero attached hydrogens (tertiary/aromatic N) is 1. The van der Waals surface area contributed by atoms with E-state index in [1.807, 2.05) is 18.2 Å². The van der Waals surface area contributed by atoms with Crippen LogP contribution in [0.15, 0.2) is 66.7 Å². The Balaban J connectivity index is 1.58. The lowest BCUT2D eigenvalue weighted by Crippen LogP contribution is -2.43. The second-order valence-corrected chi connectivity index (χ2v) is 7.77. The predicted octanol–water partition coefficient (Wildman–Crippen LogP) is 5.63. The van der Waals surface area contributed by atoms with Crippen LogP contribution < -0.4 is 10.1 Å². The number of aromatic amines is 1. The van der Waals surface area contributed by atoms with Crippen LogP contribution in [0, 0.1) is 11.6 Å². The van der Waals surface area contributed by atoms with Gasteiger partial charge in [0, 0.05) is 28.8 Å². The van der Waals surface area contributed by atoms with Crippen molar-refractivity contribution in [3.63, 3.8) is 0 Å². The monoisotopic (exact) mass is 433 g/mol. The average Bonchev–Trinajstić information content (AvgIpc) is 3.17. The van der Waals surface area contributed by atoms with Gasteiger partial charge in [-0.1, -0.05) is 18.2 Å². The number of nitrogens with one attached hydrogen (secondary N) is 2. The van der Waals surface area contributed by atoms with Gasteiger partial charge in [0.2, 0.25) is 0 Å². The number of aromatic nitrogens is 1. The highest BCUT2D eigenvalue weighted by Gasteiger charge is 2.34. The second-order valence-electron chi connectivity index (χ2n) is 7.77. The van der Waals surface area contributed by atoms with Gasteiger partial charge < -0.3 is 19.9 Å². The first-order valence-corrected chi connectivity index (χ1v) is 10.3. The fourth-order valence-electron chi connectivity index (χ4n) is 4.37. The van der Waals surface area contributed by atoms with E-state index in [0.717, 1.165) is 33.5 Å². The number of amides is 2. The Kier molecular flexibility index (Phi) is 5.01. The molecule has 1 aromatic heterocycles. The van der Waals surface area contributed by atoms with E-state index >= 15 is 0 Å². The van der Waals surface area contributed by atoms with E-state index < -0.39 is 11.9 Å². The number of benzene rings is 3. The number of methoxy groups -OCH3 is 1. The molecule has 1 unspecified atom stereocenters. The number of ether oxygens (including phenoxy) is 1. The summed E-state index contributed by atoms with van der Waals surface area (Å²) in [6.07, 6.45) is 0.636. The van der Waals surface area contributed by atoms with Gasteiger partial charge in [-0.15, -0.1) is 0 Å². The molecule has 162 valence electrons. The van der Waals surface area contributed by atoms with E-state index in [4.69, 9.17) is 4.74 Å². The quantitative estimate of drug-likeness (QED) is 0.440. The minimum atomic E-state index is -0.452. The van der Waals surface area contributed by atoms with Crippen molar-refractivity contribution in [3.05, 3.63) is 95.2 Å². The Morgan fingerprint density at radius 3 is 2.62 bits per heavy atom. The van der Waals surface area contributed by atoms with Crippen LogP contribution in [0.25, 0.3) is 10.9 Å². The van der Waals surface area contributed by atoms with Crippen molar-refractivity contribution >= 4 is 22.6 Å². The Bertz CT molecular complexity index is 1300. The maximum absolute atomic E-state index is 13.6. The lowest BCUT2D eigenvalue weighted by molar-refractivity contribution is 0.193. The van der Waals surface area contributed by atoms with Crippen LogP contribution >= 0.6 is 0 Å². The van der Waals surface area contributed by atoms with Gasteiger partial charge in [0.05, 0.1) is 13.2 Å². The third-order valence-electron chi connectivity index (χ3n) is 5.86. The summed E-state index contributed by atoms with van der Waals surface area (Å²) in [5.74, 6) is -0.0192. The zero-order chi connectivity index (χ0) is 22.2. The maximum atomic E-state index is 13.6. The lowest BCUT2D eigenvalue weighted by Gasteiger charge is -2.36. The summed E-state index contributed by atoms with van der Waals surface area (Å²) in [6.45, 7) is 0.445. The lowest BCUT2D eigenvalue weighted by atomic mass is 9.92. The van der Waals surface area contributed by atoms with Crippen LogP contribution in [0.2, 0.25) is 0 Å². The Morgan fingerprint density at radius 1 is 1.06 bits per heavy atom. The molecule has 2 amide bonds. The first-order chi connectivity index (χ1) is 15.5. The molecular weight excluding hydrogens is 412 g/mol. The van der Waals surface area contributed by atoms with Gasteiger partial charge in [0.15, 0.2) is 0 Å². The number of rotatable bonds is 3. The van der Waals surface area contributed by atoms with Crippen molar-refractivity contribution in [2.24, 2.45) is 0 Å². The highest BCUT2D eigenvalue weighted by Crippen LogP contribution is 2.39. The van der Waals surface area contributed by atoms with E-state index in [-0.39, 0.29) is 11.8 Å². The van der Waals surface area contributed by atoms with E-state index in [9.17, 15) is 13.6 Å². The topological polar surface area (TPSA) is 57.4 Å². The molecule has 0 aliphatic carbocycles. The normalized spacial score (nSPS) is 15.5. The largest absolute Gasteiger partial charge is 0.497 e. The molecule has 7 heteroatoms. The molecule has 1 atom stereocenters. The van der Waals surface area contributed by atoms with Crippen molar-refractivity contribution in [1.29, 1.82) is 0 Å². The van der Waals surface area contributed by atoms with Crippen LogP contribution in [0.3, 0.4) is 0 Å². The SMILES string of the molecule is COc1ccc2[nH]c3c(c2c1)CCN(C(=O)Nc1cccc(F)c1)C3c1ccc(F)cc1. The summed E-state index contributed by atoms with van der Waals surface area (Å²) in [6, 6.07) is 16.9. The number of hydrogen-bond donors (Lipinski definition) is 2. The number of anilines is 1. The molecule has 0 bridgehead atoms. The summed E-state index contributed by atoms with van der Waals surface area (Å²) in [7, 11) is 1.63. The minimum absolute atomic E-state index is 0.345. The molecule has 32 heavy (non-hydrogen) atoms. The van der Waals surface area contributed by atoms with Crippen LogP contribution in [-0.2, 0) is 6.42 Å². The molecule has 5 rings (SSSR count). The number of fused-ring (bicyclic) bond motifs is 3. The fourth-order valence-corrected chi connectivity index (χ4v) is 4.37. The molecule has 0 spiro atoms. The Hall–Kier alpha value is -3.87. The molecule has 3 aromatic carbocycles. The Labute approximate surface area is 183 Å². The van der Waals surface area contributed by atoms with E-state index in [0.29, 0.717) is 18.7 Å². The molecule has 2 N–H and O–H groups in total. The third kappa shape index (κ3) is 3.56. The smallest absolute Gasteiger partial charge is 0.322 e. The fraction of sp³-hybridized carbons (Fsp3) is 0.160. The number of H-pyrrole nitrogens is 1. The van der Waals surface area contributed by atoms with Crippen molar-refractivity contribution in [2.75, 3.05) is 19.0 Å². The number of halogens is 2. The number of hydrogen-bond acceptors (Lipinski definition) is 2. The van der Waals surface area contributed by atoms with Crippen molar-refractivity contribution < 1.29 is 18.3 Å². The summed E-state index contributed by atoms with van der Waals surface area (Å²) >= 11 is 0. The zero-order valence-electron chi connectivity index (χ0n) is 17.4. The van der Waals surface area contributed by atoms with Gasteiger partial charge >= 0.3 is 6.03 Å². The molecule has 1 aliphatic rings. The first kappa shape index (κ1) is 20.1. The maximum Gasteiger partial charge on any atom is 0.322 e. The van der Waals surface area contributed by atoms with E-state index in [1.165, 1.54) is 24.3 Å². The Morgan fingerprint density at radius 2 is 1.88 bits per heavy atom. The van der Waals surface area contributed by atoms with Crippen molar-refractivity contribution in [2.45, 2.75) is 12.5 Å². The molecule has 1 aliphatic heterocycles. The average molecular weight is 433 g/mol. The molecule has 0 radical (unpaired) electrons. The van der Waals surface area contributed by atoms with Crippen LogP contribution in [0.1, 0.15) is 22.9 Å². The molecule has 4 aromatic rings. The summed E-state index contributed by atoms with van der Waals surface area (Å²) < 4.78 is 32.6. The van der Waals surface area contributed by atoms with Crippen LogP contribution in [-0.4, -0.2) is 29.6 Å². The first-order valence-electron chi connectivity index (χ1n) is 10.3. The summed E-state index contributed by atoms with van der Waals surface area (Å²) in [5.41, 5.74) is 4.07. The van der Waals surface area contributed by atoms with Gasteiger partial charge in [-0.25, -0.2) is 13.6 Å². The van der Waals surface area contributed by atoms with Gasteiger partial charge in [-0.2, -0.15) is 0 Å². The van der Waals surface area contributed by atoms with Crippen molar-refractivity contribution in [3.8, 4) is 5.75 Å². The molecular formula is C25H21F2N3O2. The highest BCUT2D eigenvalue weighted by atomic mass is 19.1. The summed E-state index contributed by atoms with van der Waals surface area (Å²) in [4.78, 5) is 18.4. The van der Waals surface area contributed by atoms with Gasteiger partial charge in [0.1, 0.15) is 17.4 Å². The standard InChI is InChI=1S/C25H21F2N3O2/c1-32-19-9-10-22-21(14-19)20-11-12-30(25(31)28-18-4-2-3-17(27)13-18)24(23(20)29-22)15-5-7-16(26)8-6-15/h2-10,13-14,24,29H,11-12H2,1H3,(H,28,31). The van der Waals surface area contributed by atoms with Gasteiger partial charge in [-0.3, -0.25) is 0 Å². The van der Waals surface area contributed by atoms with Crippen LogP contribution in [0.5, 0.6) is 5.75 Å². The number of carbonyl (C=O) groups is 1. The number of urea groups is 1. The zero-order valence-corrected chi connectivity index (χ0v) is 17.4. The highest BCUT2D eigenvalue weighted by molar-refractivity contribution is 5.92. The van der Waals surface area contributed by atoms with Crippen LogP contribution in [0.4, 0.5) is 19.3 Å². The predicted molar refractivity (Wildman–Crippen MR) is 119 cm³/mol. The molecule has 2 heterocycles. The molecule has 0 saturated heterocycles.